The van der Waals surface area contributed by atoms with Gasteiger partial charge >= 0.3 is 0 Å². The number of anilines is 1. The normalized spacial score (nSPS) is 17.6. The van der Waals surface area contributed by atoms with Gasteiger partial charge in [0.15, 0.2) is 0 Å². The van der Waals surface area contributed by atoms with Crippen molar-refractivity contribution in [2.45, 2.75) is 32.5 Å². The third-order valence-electron chi connectivity index (χ3n) is 4.34. The molecule has 1 N–H and O–H groups in total. The van der Waals surface area contributed by atoms with Gasteiger partial charge in [-0.05, 0) is 38.5 Å². The van der Waals surface area contributed by atoms with E-state index in [0.717, 1.165) is 31.2 Å². The zero-order valence-corrected chi connectivity index (χ0v) is 15.5. The highest BCUT2D eigenvalue weighted by atomic mass is 35.5. The fraction of sp³-hybridized carbons (Fsp3) is 0.579. The van der Waals surface area contributed by atoms with Gasteiger partial charge in [0, 0.05) is 43.4 Å². The maximum absolute atomic E-state index is 10.2. The molecule has 0 bridgehead atoms. The zero-order chi connectivity index (χ0) is 17.7. The van der Waals surface area contributed by atoms with Crippen LogP contribution < -0.4 is 4.90 Å². The van der Waals surface area contributed by atoms with E-state index in [1.807, 2.05) is 26.0 Å². The number of benzene rings is 1. The van der Waals surface area contributed by atoms with Crippen molar-refractivity contribution in [2.75, 3.05) is 44.2 Å². The molecule has 1 saturated heterocycles. The third kappa shape index (κ3) is 5.39. The number of halogens is 1. The average Bonchev–Trinajstić information content (AvgIpc) is 2.56. The Morgan fingerprint density at radius 1 is 1.33 bits per heavy atom. The van der Waals surface area contributed by atoms with Crippen LogP contribution in [-0.2, 0) is 4.74 Å². The number of terminal acetylenes is 1. The van der Waals surface area contributed by atoms with Crippen molar-refractivity contribution in [3.8, 4) is 12.3 Å². The molecule has 0 aliphatic carbocycles. The van der Waals surface area contributed by atoms with E-state index in [2.05, 4.69) is 28.7 Å². The Morgan fingerprint density at radius 2 is 2.00 bits per heavy atom. The Kier molecular flexibility index (Phi) is 6.54. The van der Waals surface area contributed by atoms with Crippen molar-refractivity contribution in [3.05, 3.63) is 28.8 Å². The molecular weight excluding hydrogens is 324 g/mol. The molecule has 5 heteroatoms. The smallest absolute Gasteiger partial charge is 0.122 e. The monoisotopic (exact) mass is 350 g/mol. The summed E-state index contributed by atoms with van der Waals surface area (Å²) in [7, 11) is 0. The lowest BCUT2D eigenvalue weighted by Gasteiger charge is -2.37. The SMILES string of the molecule is C#CC(C)(C)OCC(O)CN1CCN(c2cc(Cl)ccc2C)CC1. The van der Waals surface area contributed by atoms with Gasteiger partial charge in [0.25, 0.3) is 0 Å². The van der Waals surface area contributed by atoms with Gasteiger partial charge in [-0.1, -0.05) is 23.6 Å². The van der Waals surface area contributed by atoms with Gasteiger partial charge in [-0.25, -0.2) is 0 Å². The maximum atomic E-state index is 10.2. The molecule has 0 radical (unpaired) electrons. The molecule has 2 rings (SSSR count). The van der Waals surface area contributed by atoms with Gasteiger partial charge in [-0.2, -0.15) is 0 Å². The van der Waals surface area contributed by atoms with E-state index in [4.69, 9.17) is 22.8 Å². The van der Waals surface area contributed by atoms with Crippen molar-refractivity contribution >= 4 is 17.3 Å². The van der Waals surface area contributed by atoms with E-state index in [1.54, 1.807) is 0 Å². The first-order chi connectivity index (χ1) is 11.3. The Morgan fingerprint density at radius 3 is 2.62 bits per heavy atom. The summed E-state index contributed by atoms with van der Waals surface area (Å²) in [5.74, 6) is 2.57. The lowest BCUT2D eigenvalue weighted by atomic mass is 10.1. The standard InChI is InChI=1S/C19H27ClN2O2/c1-5-19(3,4)24-14-17(23)13-21-8-10-22(11-9-21)18-12-16(20)7-6-15(18)2/h1,6-7,12,17,23H,8-11,13-14H2,2-4H3. The number of hydrogen-bond acceptors (Lipinski definition) is 4. The summed E-state index contributed by atoms with van der Waals surface area (Å²) < 4.78 is 5.56. The number of aliphatic hydroxyl groups is 1. The second kappa shape index (κ2) is 8.22. The lowest BCUT2D eigenvalue weighted by Crippen LogP contribution is -2.49. The van der Waals surface area contributed by atoms with Crippen LogP contribution in [0.15, 0.2) is 18.2 Å². The molecule has 1 unspecified atom stereocenters. The molecule has 132 valence electrons. The van der Waals surface area contributed by atoms with E-state index in [0.29, 0.717) is 6.54 Å². The van der Waals surface area contributed by atoms with Crippen LogP contribution in [-0.4, -0.2) is 61.0 Å². The Labute approximate surface area is 150 Å². The first kappa shape index (κ1) is 19.1. The fourth-order valence-electron chi connectivity index (χ4n) is 2.79. The second-order valence-corrected chi connectivity index (χ2v) is 7.27. The molecule has 0 saturated carbocycles. The molecule has 0 spiro atoms. The lowest BCUT2D eigenvalue weighted by molar-refractivity contribution is -0.0376. The first-order valence-electron chi connectivity index (χ1n) is 8.34. The maximum Gasteiger partial charge on any atom is 0.122 e. The minimum atomic E-state index is -0.635. The number of ether oxygens (including phenoxy) is 1. The van der Waals surface area contributed by atoms with E-state index < -0.39 is 11.7 Å². The zero-order valence-electron chi connectivity index (χ0n) is 14.8. The molecule has 1 aromatic rings. The van der Waals surface area contributed by atoms with Crippen molar-refractivity contribution in [2.24, 2.45) is 0 Å². The molecule has 0 amide bonds. The van der Waals surface area contributed by atoms with E-state index in [-0.39, 0.29) is 6.61 Å². The van der Waals surface area contributed by atoms with Crippen LogP contribution in [0, 0.1) is 19.3 Å². The number of nitrogens with zero attached hydrogens (tertiary/aromatic N) is 2. The van der Waals surface area contributed by atoms with E-state index in [9.17, 15) is 5.11 Å². The van der Waals surface area contributed by atoms with Crippen LogP contribution in [0.25, 0.3) is 0 Å². The average molecular weight is 351 g/mol. The molecule has 1 aromatic carbocycles. The number of aryl methyl sites for hydroxylation is 1. The van der Waals surface area contributed by atoms with Crippen LogP contribution in [0.1, 0.15) is 19.4 Å². The molecule has 1 atom stereocenters. The van der Waals surface area contributed by atoms with Gasteiger partial charge in [0.1, 0.15) is 5.60 Å². The van der Waals surface area contributed by atoms with Gasteiger partial charge < -0.3 is 14.7 Å². The van der Waals surface area contributed by atoms with Crippen molar-refractivity contribution < 1.29 is 9.84 Å². The Hall–Kier alpha value is -1.25. The number of rotatable bonds is 6. The minimum absolute atomic E-state index is 0.255. The van der Waals surface area contributed by atoms with Crippen LogP contribution in [0.2, 0.25) is 5.02 Å². The summed E-state index contributed by atoms with van der Waals surface area (Å²) >= 11 is 6.12. The van der Waals surface area contributed by atoms with E-state index >= 15 is 0 Å². The number of β-amino-alcohol motifs (C(OH)–C–C–N with tert-alkyl or cyclic N) is 1. The summed E-state index contributed by atoms with van der Waals surface area (Å²) in [4.78, 5) is 4.61. The largest absolute Gasteiger partial charge is 0.389 e. The minimum Gasteiger partial charge on any atom is -0.389 e. The van der Waals surface area contributed by atoms with Gasteiger partial charge in [-0.3, -0.25) is 4.90 Å². The van der Waals surface area contributed by atoms with Gasteiger partial charge in [0.05, 0.1) is 12.7 Å². The summed E-state index contributed by atoms with van der Waals surface area (Å²) in [6.45, 7) is 10.3. The molecule has 24 heavy (non-hydrogen) atoms. The number of aliphatic hydroxyl groups excluding tert-OH is 1. The summed E-state index contributed by atoms with van der Waals surface area (Å²) in [6, 6.07) is 6.00. The predicted molar refractivity (Wildman–Crippen MR) is 99.7 cm³/mol. The molecule has 0 aromatic heterocycles. The molecule has 1 aliphatic rings. The second-order valence-electron chi connectivity index (χ2n) is 6.84. The van der Waals surface area contributed by atoms with Crippen molar-refractivity contribution in [1.82, 2.24) is 4.90 Å². The fourth-order valence-corrected chi connectivity index (χ4v) is 2.96. The summed E-state index contributed by atoms with van der Waals surface area (Å²) in [5, 5.41) is 10.9. The Bertz CT molecular complexity index is 590. The van der Waals surface area contributed by atoms with E-state index in [1.165, 1.54) is 11.3 Å². The van der Waals surface area contributed by atoms with Crippen LogP contribution in [0.4, 0.5) is 5.69 Å². The van der Waals surface area contributed by atoms with Crippen LogP contribution in [0.5, 0.6) is 0 Å². The van der Waals surface area contributed by atoms with Crippen molar-refractivity contribution in [1.29, 1.82) is 0 Å². The van der Waals surface area contributed by atoms with Crippen molar-refractivity contribution in [3.63, 3.8) is 0 Å². The quantitative estimate of drug-likeness (QED) is 0.800. The van der Waals surface area contributed by atoms with Gasteiger partial charge in [0.2, 0.25) is 0 Å². The van der Waals surface area contributed by atoms with Crippen LogP contribution >= 0.6 is 11.6 Å². The molecule has 1 aliphatic heterocycles. The van der Waals surface area contributed by atoms with Crippen LogP contribution in [0.3, 0.4) is 0 Å². The molecule has 1 fully saturated rings. The predicted octanol–water partition coefficient (Wildman–Crippen LogP) is 2.56. The first-order valence-corrected chi connectivity index (χ1v) is 8.72. The molecular formula is C19H27ClN2O2. The molecule has 4 nitrogen and oxygen atoms in total. The number of piperazine rings is 1. The summed E-state index contributed by atoms with van der Waals surface area (Å²) in [5.41, 5.74) is 1.80. The summed E-state index contributed by atoms with van der Waals surface area (Å²) in [6.07, 6.45) is 4.86. The highest BCUT2D eigenvalue weighted by Crippen LogP contribution is 2.25. The topological polar surface area (TPSA) is 35.9 Å². The number of hydrogen-bond donors (Lipinski definition) is 1. The third-order valence-corrected chi connectivity index (χ3v) is 4.57. The van der Waals surface area contributed by atoms with Gasteiger partial charge in [-0.15, -0.1) is 6.42 Å². The highest BCUT2D eigenvalue weighted by Gasteiger charge is 2.22. The highest BCUT2D eigenvalue weighted by molar-refractivity contribution is 6.30. The molecule has 1 heterocycles. The Balaban J connectivity index is 1.80.